The second-order valence-corrected chi connectivity index (χ2v) is 9.96. The number of amides is 1. The van der Waals surface area contributed by atoms with Crippen molar-refractivity contribution in [3.05, 3.63) is 35.4 Å². The van der Waals surface area contributed by atoms with Crippen LogP contribution in [0, 0.1) is 5.41 Å². The van der Waals surface area contributed by atoms with Crippen LogP contribution >= 0.6 is 0 Å². The number of aliphatic hydroxyl groups is 1. The normalized spacial score (nSPS) is 12.2. The molecule has 0 aliphatic carbocycles. The minimum absolute atomic E-state index is 0.0388. The molecule has 0 aliphatic heterocycles. The summed E-state index contributed by atoms with van der Waals surface area (Å²) in [5.74, 6) is 0.0388. The van der Waals surface area contributed by atoms with Crippen molar-refractivity contribution >= 4 is 12.2 Å². The second-order valence-electron chi connectivity index (χ2n) is 9.96. The lowest BCUT2D eigenvalue weighted by atomic mass is 9.72. The van der Waals surface area contributed by atoms with Gasteiger partial charge in [0.2, 0.25) is 5.91 Å². The first-order valence-corrected chi connectivity index (χ1v) is 10.5. The van der Waals surface area contributed by atoms with Gasteiger partial charge in [-0.25, -0.2) is 0 Å². The second kappa shape index (κ2) is 12.2. The molecule has 0 atom stereocenters. The number of aliphatic hydroxyl groups excluding tert-OH is 1. The van der Waals surface area contributed by atoms with E-state index in [1.165, 1.54) is 5.56 Å². The van der Waals surface area contributed by atoms with Gasteiger partial charge in [-0.1, -0.05) is 52.0 Å². The summed E-state index contributed by atoms with van der Waals surface area (Å²) in [6.45, 7) is 13.6. The van der Waals surface area contributed by atoms with Crippen LogP contribution in [-0.2, 0) is 21.6 Å². The molecule has 0 bridgehead atoms. The predicted molar refractivity (Wildman–Crippen MR) is 125 cm³/mol. The fourth-order valence-corrected chi connectivity index (χ4v) is 3.07. The molecule has 1 aromatic rings. The first-order valence-electron chi connectivity index (χ1n) is 10.5. The van der Waals surface area contributed by atoms with Gasteiger partial charge in [0, 0.05) is 18.5 Å². The Morgan fingerprint density at radius 3 is 2.00 bits per heavy atom. The zero-order valence-corrected chi connectivity index (χ0v) is 20.4. The van der Waals surface area contributed by atoms with Crippen LogP contribution in [0.3, 0.4) is 0 Å². The molecule has 0 spiro atoms. The third-order valence-corrected chi connectivity index (χ3v) is 5.17. The van der Waals surface area contributed by atoms with E-state index < -0.39 is 5.54 Å². The standard InChI is InChI=1S/C15H22O2.C9H21N3O/c1-14(2,11-17)10-15(3,4)13-7-5-12(9-16)6-8-13;1-9(2,10-3)8(13)11-6-7-12(4)5/h5-8,11,16H,9-10H2,1-4H3;10H,6-7H2,1-5H3,(H,11,13). The monoisotopic (exact) mass is 421 g/mol. The Morgan fingerprint density at radius 1 is 1.07 bits per heavy atom. The molecule has 1 amide bonds. The van der Waals surface area contributed by atoms with Crippen molar-refractivity contribution in [2.75, 3.05) is 34.2 Å². The van der Waals surface area contributed by atoms with Gasteiger partial charge in [-0.05, 0) is 58.0 Å². The van der Waals surface area contributed by atoms with Crippen LogP contribution in [0.5, 0.6) is 0 Å². The summed E-state index contributed by atoms with van der Waals surface area (Å²) in [6.07, 6.45) is 1.83. The molecule has 0 radical (unpaired) electrons. The van der Waals surface area contributed by atoms with Gasteiger partial charge < -0.3 is 25.4 Å². The summed E-state index contributed by atoms with van der Waals surface area (Å²) >= 11 is 0. The molecule has 0 fully saturated rings. The molecule has 0 saturated carbocycles. The van der Waals surface area contributed by atoms with Crippen LogP contribution in [0.2, 0.25) is 0 Å². The zero-order valence-electron chi connectivity index (χ0n) is 20.4. The molecule has 30 heavy (non-hydrogen) atoms. The van der Waals surface area contributed by atoms with E-state index in [1.807, 2.05) is 71.0 Å². The van der Waals surface area contributed by atoms with Crippen LogP contribution in [-0.4, -0.2) is 62.0 Å². The molecular formula is C24H43N3O3. The maximum absolute atomic E-state index is 11.5. The first kappa shape index (κ1) is 28.2. The molecule has 6 heteroatoms. The first-order chi connectivity index (χ1) is 13.7. The van der Waals surface area contributed by atoms with Gasteiger partial charge in [-0.3, -0.25) is 4.79 Å². The fourth-order valence-electron chi connectivity index (χ4n) is 3.07. The molecule has 0 saturated heterocycles. The van der Waals surface area contributed by atoms with Gasteiger partial charge in [0.15, 0.2) is 0 Å². The topological polar surface area (TPSA) is 81.7 Å². The highest BCUT2D eigenvalue weighted by atomic mass is 16.3. The van der Waals surface area contributed by atoms with E-state index in [2.05, 4.69) is 24.5 Å². The van der Waals surface area contributed by atoms with Gasteiger partial charge in [-0.15, -0.1) is 0 Å². The Morgan fingerprint density at radius 2 is 1.60 bits per heavy atom. The number of hydrogen-bond donors (Lipinski definition) is 3. The number of rotatable bonds is 10. The van der Waals surface area contributed by atoms with Crippen molar-refractivity contribution in [3.8, 4) is 0 Å². The van der Waals surface area contributed by atoms with E-state index in [9.17, 15) is 9.59 Å². The number of nitrogens with one attached hydrogen (secondary N) is 2. The number of aldehydes is 1. The highest BCUT2D eigenvalue weighted by molar-refractivity contribution is 5.85. The van der Waals surface area contributed by atoms with E-state index in [0.717, 1.165) is 24.8 Å². The number of likely N-dealkylation sites (N-methyl/N-ethyl adjacent to an activating group) is 2. The lowest BCUT2D eigenvalue weighted by Gasteiger charge is -2.32. The van der Waals surface area contributed by atoms with Crippen LogP contribution in [0.15, 0.2) is 24.3 Å². The SMILES string of the molecule is CC(C)(C=O)CC(C)(C)c1ccc(CO)cc1.CNC(C)(C)C(=O)NCCN(C)C. The number of carbonyl (C=O) groups is 2. The average molecular weight is 422 g/mol. The largest absolute Gasteiger partial charge is 0.392 e. The van der Waals surface area contributed by atoms with Crippen molar-refractivity contribution in [3.63, 3.8) is 0 Å². The third-order valence-electron chi connectivity index (χ3n) is 5.17. The van der Waals surface area contributed by atoms with E-state index >= 15 is 0 Å². The van der Waals surface area contributed by atoms with E-state index in [0.29, 0.717) is 6.54 Å². The maximum Gasteiger partial charge on any atom is 0.239 e. The lowest BCUT2D eigenvalue weighted by Crippen LogP contribution is -2.52. The molecule has 0 heterocycles. The van der Waals surface area contributed by atoms with Crippen molar-refractivity contribution in [2.45, 2.75) is 65.5 Å². The summed E-state index contributed by atoms with van der Waals surface area (Å²) in [6, 6.07) is 7.94. The Hall–Kier alpha value is -1.76. The molecule has 0 unspecified atom stereocenters. The average Bonchev–Trinajstić information content (AvgIpc) is 2.67. The summed E-state index contributed by atoms with van der Waals surface area (Å²) in [7, 11) is 5.75. The third kappa shape index (κ3) is 10.3. The van der Waals surface area contributed by atoms with Gasteiger partial charge in [0.25, 0.3) is 0 Å². The minimum atomic E-state index is -0.480. The Balaban J connectivity index is 0.000000584. The highest BCUT2D eigenvalue weighted by Crippen LogP contribution is 2.35. The summed E-state index contributed by atoms with van der Waals surface area (Å²) in [5.41, 5.74) is 1.29. The van der Waals surface area contributed by atoms with Crippen molar-refractivity contribution in [2.24, 2.45) is 5.41 Å². The maximum atomic E-state index is 11.5. The molecule has 0 aromatic heterocycles. The fraction of sp³-hybridized carbons (Fsp3) is 0.667. The van der Waals surface area contributed by atoms with Crippen molar-refractivity contribution in [1.82, 2.24) is 15.5 Å². The number of carbonyl (C=O) groups excluding carboxylic acids is 2. The van der Waals surface area contributed by atoms with Crippen LogP contribution in [0.25, 0.3) is 0 Å². The van der Waals surface area contributed by atoms with E-state index in [4.69, 9.17) is 5.11 Å². The number of hydrogen-bond acceptors (Lipinski definition) is 5. The quantitative estimate of drug-likeness (QED) is 0.506. The molecule has 172 valence electrons. The summed E-state index contributed by atoms with van der Waals surface area (Å²) < 4.78 is 0. The predicted octanol–water partition coefficient (Wildman–Crippen LogP) is 2.73. The van der Waals surface area contributed by atoms with Crippen LogP contribution in [0.4, 0.5) is 0 Å². The van der Waals surface area contributed by atoms with E-state index in [-0.39, 0.29) is 23.3 Å². The number of benzene rings is 1. The molecule has 1 rings (SSSR count). The van der Waals surface area contributed by atoms with Gasteiger partial charge in [0.05, 0.1) is 12.1 Å². The molecule has 3 N–H and O–H groups in total. The zero-order chi connectivity index (χ0) is 23.6. The Kier molecular flexibility index (Phi) is 11.5. The van der Waals surface area contributed by atoms with Crippen LogP contribution in [0.1, 0.15) is 59.1 Å². The minimum Gasteiger partial charge on any atom is -0.392 e. The molecule has 6 nitrogen and oxygen atoms in total. The highest BCUT2D eigenvalue weighted by Gasteiger charge is 2.29. The van der Waals surface area contributed by atoms with E-state index in [1.54, 1.807) is 7.05 Å². The van der Waals surface area contributed by atoms with Crippen molar-refractivity contribution < 1.29 is 14.7 Å². The van der Waals surface area contributed by atoms with Gasteiger partial charge in [-0.2, -0.15) is 0 Å². The summed E-state index contributed by atoms with van der Waals surface area (Å²) in [4.78, 5) is 24.5. The van der Waals surface area contributed by atoms with Crippen LogP contribution < -0.4 is 10.6 Å². The van der Waals surface area contributed by atoms with Crippen molar-refractivity contribution in [1.29, 1.82) is 0 Å². The molecule has 0 aliphatic rings. The Bertz CT molecular complexity index is 650. The Labute approximate surface area is 183 Å². The van der Waals surface area contributed by atoms with Gasteiger partial charge >= 0.3 is 0 Å². The smallest absolute Gasteiger partial charge is 0.239 e. The van der Waals surface area contributed by atoms with Gasteiger partial charge in [0.1, 0.15) is 6.29 Å². The number of nitrogens with zero attached hydrogens (tertiary/aromatic N) is 1. The molecular weight excluding hydrogens is 378 g/mol. The molecule has 1 aromatic carbocycles. The lowest BCUT2D eigenvalue weighted by molar-refractivity contribution is -0.126. The summed E-state index contributed by atoms with van der Waals surface area (Å²) in [5, 5.41) is 14.8.